The molecular formula is C18H22O4. The minimum absolute atomic E-state index is 0.687. The summed E-state index contributed by atoms with van der Waals surface area (Å²) in [7, 11) is 6.55. The minimum Gasteiger partial charge on any atom is -0.493 e. The lowest BCUT2D eigenvalue weighted by Crippen LogP contribution is -2.00. The average Bonchev–Trinajstić information content (AvgIpc) is 2.54. The van der Waals surface area contributed by atoms with Crippen LogP contribution in [0.3, 0.4) is 0 Å². The van der Waals surface area contributed by atoms with Crippen LogP contribution >= 0.6 is 0 Å². The number of hydrogen-bond donors (Lipinski definition) is 0. The summed E-state index contributed by atoms with van der Waals surface area (Å²) in [6.45, 7) is 4.07. The molecule has 22 heavy (non-hydrogen) atoms. The Labute approximate surface area is 131 Å². The van der Waals surface area contributed by atoms with E-state index >= 15 is 0 Å². The lowest BCUT2D eigenvalue weighted by molar-refractivity contribution is 0.351. The van der Waals surface area contributed by atoms with E-state index in [0.717, 1.165) is 22.3 Å². The van der Waals surface area contributed by atoms with E-state index in [1.165, 1.54) is 0 Å². The first-order valence-electron chi connectivity index (χ1n) is 7.02. The normalized spacial score (nSPS) is 10.3. The van der Waals surface area contributed by atoms with Crippen LogP contribution in [0.15, 0.2) is 24.3 Å². The van der Waals surface area contributed by atoms with Crippen molar-refractivity contribution >= 4 is 0 Å². The van der Waals surface area contributed by atoms with Crippen LogP contribution in [0.1, 0.15) is 11.1 Å². The number of aryl methyl sites for hydroxylation is 2. The van der Waals surface area contributed by atoms with Crippen LogP contribution in [0.25, 0.3) is 11.1 Å². The number of hydrogen-bond acceptors (Lipinski definition) is 4. The second-order valence-corrected chi connectivity index (χ2v) is 4.99. The molecule has 0 aliphatic carbocycles. The number of ether oxygens (including phenoxy) is 4. The zero-order valence-electron chi connectivity index (χ0n) is 13.9. The second kappa shape index (κ2) is 6.60. The van der Waals surface area contributed by atoms with E-state index < -0.39 is 0 Å². The van der Waals surface area contributed by atoms with Gasteiger partial charge in [-0.3, -0.25) is 0 Å². The molecule has 0 aromatic heterocycles. The summed E-state index contributed by atoms with van der Waals surface area (Å²) in [6.07, 6.45) is 0. The van der Waals surface area contributed by atoms with Gasteiger partial charge in [-0.2, -0.15) is 0 Å². The van der Waals surface area contributed by atoms with Crippen molar-refractivity contribution in [3.63, 3.8) is 0 Å². The smallest absolute Gasteiger partial charge is 0.168 e. The van der Waals surface area contributed by atoms with Crippen LogP contribution in [-0.4, -0.2) is 28.4 Å². The van der Waals surface area contributed by atoms with Crippen molar-refractivity contribution in [1.29, 1.82) is 0 Å². The fourth-order valence-corrected chi connectivity index (χ4v) is 2.67. The van der Waals surface area contributed by atoms with E-state index in [9.17, 15) is 0 Å². The summed E-state index contributed by atoms with van der Waals surface area (Å²) in [5.74, 6) is 2.76. The first-order chi connectivity index (χ1) is 10.6. The van der Waals surface area contributed by atoms with Crippen molar-refractivity contribution in [2.75, 3.05) is 28.4 Å². The van der Waals surface area contributed by atoms with Gasteiger partial charge in [0.25, 0.3) is 0 Å². The van der Waals surface area contributed by atoms with E-state index in [1.54, 1.807) is 28.4 Å². The molecular weight excluding hydrogens is 280 g/mol. The highest BCUT2D eigenvalue weighted by atomic mass is 16.5. The topological polar surface area (TPSA) is 36.9 Å². The molecule has 2 aromatic carbocycles. The monoisotopic (exact) mass is 302 g/mol. The fraction of sp³-hybridized carbons (Fsp3) is 0.333. The third-order valence-electron chi connectivity index (χ3n) is 3.76. The van der Waals surface area contributed by atoms with Gasteiger partial charge in [0.2, 0.25) is 0 Å². The molecule has 0 radical (unpaired) electrons. The Balaban J connectivity index is 2.87. The van der Waals surface area contributed by atoms with Crippen molar-refractivity contribution < 1.29 is 18.9 Å². The second-order valence-electron chi connectivity index (χ2n) is 4.99. The molecule has 0 aliphatic rings. The Morgan fingerprint density at radius 2 is 0.909 bits per heavy atom. The zero-order chi connectivity index (χ0) is 16.3. The van der Waals surface area contributed by atoms with Crippen molar-refractivity contribution in [2.45, 2.75) is 13.8 Å². The molecule has 2 rings (SSSR count). The Bertz CT molecular complexity index is 618. The lowest BCUT2D eigenvalue weighted by Gasteiger charge is -2.20. The van der Waals surface area contributed by atoms with Gasteiger partial charge in [-0.15, -0.1) is 0 Å². The number of methoxy groups -OCH3 is 4. The van der Waals surface area contributed by atoms with Gasteiger partial charge in [0.05, 0.1) is 28.4 Å². The molecule has 4 heteroatoms. The average molecular weight is 302 g/mol. The maximum absolute atomic E-state index is 5.61. The van der Waals surface area contributed by atoms with Crippen LogP contribution in [0.2, 0.25) is 0 Å². The molecule has 0 spiro atoms. The summed E-state index contributed by atoms with van der Waals surface area (Å²) in [5, 5.41) is 0. The maximum Gasteiger partial charge on any atom is 0.168 e. The third-order valence-corrected chi connectivity index (χ3v) is 3.76. The quantitative estimate of drug-likeness (QED) is 0.836. The standard InChI is InChI=1S/C18H22O4/c1-11-7-9-13(19-3)17(21-5)15(11)16-12(2)8-10-14(20-4)18(16)22-6/h7-10H,1-6H3. The van der Waals surface area contributed by atoms with E-state index in [0.29, 0.717) is 23.0 Å². The Hall–Kier alpha value is -2.36. The molecule has 0 fully saturated rings. The van der Waals surface area contributed by atoms with Crippen LogP contribution in [-0.2, 0) is 0 Å². The third kappa shape index (κ3) is 2.56. The van der Waals surface area contributed by atoms with E-state index in [2.05, 4.69) is 0 Å². The number of benzene rings is 2. The van der Waals surface area contributed by atoms with E-state index in [4.69, 9.17) is 18.9 Å². The fourth-order valence-electron chi connectivity index (χ4n) is 2.67. The van der Waals surface area contributed by atoms with Gasteiger partial charge in [-0.25, -0.2) is 0 Å². The molecule has 0 N–H and O–H groups in total. The van der Waals surface area contributed by atoms with Gasteiger partial charge in [-0.1, -0.05) is 12.1 Å². The number of rotatable bonds is 5. The first-order valence-corrected chi connectivity index (χ1v) is 7.02. The summed E-state index contributed by atoms with van der Waals surface area (Å²) in [6, 6.07) is 7.82. The maximum atomic E-state index is 5.61. The van der Waals surface area contributed by atoms with Crippen molar-refractivity contribution in [1.82, 2.24) is 0 Å². The van der Waals surface area contributed by atoms with Crippen molar-refractivity contribution in [3.8, 4) is 34.1 Å². The summed E-state index contributed by atoms with van der Waals surface area (Å²) in [5.41, 5.74) is 4.06. The van der Waals surface area contributed by atoms with Gasteiger partial charge in [0.1, 0.15) is 0 Å². The van der Waals surface area contributed by atoms with Crippen molar-refractivity contribution in [3.05, 3.63) is 35.4 Å². The molecule has 0 saturated heterocycles. The molecule has 0 saturated carbocycles. The van der Waals surface area contributed by atoms with Gasteiger partial charge in [0, 0.05) is 11.1 Å². The van der Waals surface area contributed by atoms with Crippen LogP contribution < -0.4 is 18.9 Å². The van der Waals surface area contributed by atoms with Gasteiger partial charge in [0.15, 0.2) is 23.0 Å². The summed E-state index contributed by atoms with van der Waals surface area (Å²) >= 11 is 0. The summed E-state index contributed by atoms with van der Waals surface area (Å²) in [4.78, 5) is 0. The highest BCUT2D eigenvalue weighted by Crippen LogP contribution is 2.48. The zero-order valence-corrected chi connectivity index (χ0v) is 13.9. The van der Waals surface area contributed by atoms with Crippen LogP contribution in [0.4, 0.5) is 0 Å². The molecule has 4 nitrogen and oxygen atoms in total. The highest BCUT2D eigenvalue weighted by Gasteiger charge is 2.22. The van der Waals surface area contributed by atoms with E-state index in [-0.39, 0.29) is 0 Å². The molecule has 0 aliphatic heterocycles. The molecule has 118 valence electrons. The lowest BCUT2D eigenvalue weighted by atomic mass is 9.94. The Kier molecular flexibility index (Phi) is 4.81. The molecule has 0 heterocycles. The molecule has 0 atom stereocenters. The van der Waals surface area contributed by atoms with Gasteiger partial charge < -0.3 is 18.9 Å². The Morgan fingerprint density at radius 1 is 0.545 bits per heavy atom. The van der Waals surface area contributed by atoms with Crippen molar-refractivity contribution in [2.24, 2.45) is 0 Å². The minimum atomic E-state index is 0.687. The predicted octanol–water partition coefficient (Wildman–Crippen LogP) is 4.00. The largest absolute Gasteiger partial charge is 0.493 e. The SMILES string of the molecule is COc1ccc(C)c(-c2c(C)ccc(OC)c2OC)c1OC. The van der Waals surface area contributed by atoms with E-state index in [1.807, 2.05) is 38.1 Å². The highest BCUT2D eigenvalue weighted by molar-refractivity contribution is 5.85. The van der Waals surface area contributed by atoms with Gasteiger partial charge in [-0.05, 0) is 37.1 Å². The first kappa shape index (κ1) is 16.0. The Morgan fingerprint density at radius 3 is 1.18 bits per heavy atom. The predicted molar refractivity (Wildman–Crippen MR) is 87.6 cm³/mol. The van der Waals surface area contributed by atoms with Crippen LogP contribution in [0, 0.1) is 13.8 Å². The van der Waals surface area contributed by atoms with Gasteiger partial charge >= 0.3 is 0 Å². The molecule has 0 amide bonds. The van der Waals surface area contributed by atoms with Crippen LogP contribution in [0.5, 0.6) is 23.0 Å². The molecule has 2 aromatic rings. The molecule has 0 bridgehead atoms. The summed E-state index contributed by atoms with van der Waals surface area (Å²) < 4.78 is 22.1. The molecule has 0 unspecified atom stereocenters.